The van der Waals surface area contributed by atoms with Crippen molar-refractivity contribution in [2.75, 3.05) is 6.54 Å². The molecule has 1 aliphatic rings. The highest BCUT2D eigenvalue weighted by Gasteiger charge is 2.34. The van der Waals surface area contributed by atoms with Crippen molar-refractivity contribution in [3.63, 3.8) is 0 Å². The molecule has 2 rings (SSSR count). The standard InChI is InChI=1S/C14H24N4O/c1-10(2)8-18-13(19)6-4-5-11(15)14(18)12-7-16-9-17(12)3/h7,9-11,14H,4-6,8,15H2,1-3H3. The molecule has 5 nitrogen and oxygen atoms in total. The second-order valence-electron chi connectivity index (χ2n) is 5.87. The van der Waals surface area contributed by atoms with E-state index in [-0.39, 0.29) is 18.0 Å². The van der Waals surface area contributed by atoms with Crippen LogP contribution in [-0.4, -0.2) is 32.9 Å². The van der Waals surface area contributed by atoms with Gasteiger partial charge in [-0.25, -0.2) is 4.98 Å². The first-order valence-electron chi connectivity index (χ1n) is 7.02. The zero-order valence-corrected chi connectivity index (χ0v) is 12.0. The Kier molecular flexibility index (Phi) is 4.24. The molecule has 1 fully saturated rings. The molecule has 0 aromatic carbocycles. The number of amides is 1. The van der Waals surface area contributed by atoms with Crippen LogP contribution in [0.4, 0.5) is 0 Å². The van der Waals surface area contributed by atoms with E-state index in [4.69, 9.17) is 5.73 Å². The Balaban J connectivity index is 2.36. The van der Waals surface area contributed by atoms with Gasteiger partial charge in [0.1, 0.15) is 0 Å². The molecule has 106 valence electrons. The Morgan fingerprint density at radius 1 is 1.53 bits per heavy atom. The van der Waals surface area contributed by atoms with Gasteiger partial charge in [-0.15, -0.1) is 0 Å². The van der Waals surface area contributed by atoms with Crippen molar-refractivity contribution in [3.8, 4) is 0 Å². The van der Waals surface area contributed by atoms with Crippen LogP contribution in [0.5, 0.6) is 0 Å². The summed E-state index contributed by atoms with van der Waals surface area (Å²) in [6.45, 7) is 5.01. The molecule has 2 unspecified atom stereocenters. The fourth-order valence-corrected chi connectivity index (χ4v) is 2.82. The quantitative estimate of drug-likeness (QED) is 0.899. The fraction of sp³-hybridized carbons (Fsp3) is 0.714. The number of carbonyl (C=O) groups excluding carboxylic acids is 1. The SMILES string of the molecule is CC(C)CN1C(=O)CCCC(N)C1c1cncn1C. The molecule has 2 atom stereocenters. The lowest BCUT2D eigenvalue weighted by atomic mass is 10.0. The zero-order valence-electron chi connectivity index (χ0n) is 12.0. The van der Waals surface area contributed by atoms with Gasteiger partial charge in [0.05, 0.1) is 24.3 Å². The van der Waals surface area contributed by atoms with Crippen LogP contribution in [0.25, 0.3) is 0 Å². The van der Waals surface area contributed by atoms with E-state index in [0.717, 1.165) is 25.1 Å². The van der Waals surface area contributed by atoms with Gasteiger partial charge in [0, 0.05) is 26.1 Å². The molecule has 1 amide bonds. The Bertz CT molecular complexity index is 440. The molecule has 0 saturated carbocycles. The first-order chi connectivity index (χ1) is 9.00. The number of carbonyl (C=O) groups is 1. The fourth-order valence-electron chi connectivity index (χ4n) is 2.82. The lowest BCUT2D eigenvalue weighted by Gasteiger charge is -2.34. The van der Waals surface area contributed by atoms with Crippen LogP contribution >= 0.6 is 0 Å². The normalized spacial score (nSPS) is 24.9. The van der Waals surface area contributed by atoms with E-state index in [1.54, 1.807) is 6.33 Å². The minimum absolute atomic E-state index is 0.0133. The molecule has 0 bridgehead atoms. The van der Waals surface area contributed by atoms with Gasteiger partial charge in [-0.05, 0) is 18.8 Å². The smallest absolute Gasteiger partial charge is 0.223 e. The molecule has 1 saturated heterocycles. The molecule has 2 N–H and O–H groups in total. The van der Waals surface area contributed by atoms with Crippen LogP contribution in [-0.2, 0) is 11.8 Å². The van der Waals surface area contributed by atoms with E-state index in [2.05, 4.69) is 18.8 Å². The number of imidazole rings is 1. The Morgan fingerprint density at radius 2 is 2.26 bits per heavy atom. The molecule has 0 aliphatic carbocycles. The van der Waals surface area contributed by atoms with Gasteiger partial charge in [0.15, 0.2) is 0 Å². The highest BCUT2D eigenvalue weighted by Crippen LogP contribution is 2.30. The van der Waals surface area contributed by atoms with Crippen molar-refractivity contribution in [1.29, 1.82) is 0 Å². The minimum Gasteiger partial charge on any atom is -0.336 e. The minimum atomic E-state index is -0.0510. The van der Waals surface area contributed by atoms with E-state index in [0.29, 0.717) is 12.3 Å². The van der Waals surface area contributed by atoms with Gasteiger partial charge >= 0.3 is 0 Å². The predicted octanol–water partition coefficient (Wildman–Crippen LogP) is 1.46. The van der Waals surface area contributed by atoms with Crippen LogP contribution in [0.1, 0.15) is 44.8 Å². The summed E-state index contributed by atoms with van der Waals surface area (Å²) in [5.41, 5.74) is 7.36. The van der Waals surface area contributed by atoms with Gasteiger partial charge in [-0.3, -0.25) is 4.79 Å². The molecular formula is C14H24N4O. The summed E-state index contributed by atoms with van der Waals surface area (Å²) in [6.07, 6.45) is 5.97. The number of likely N-dealkylation sites (tertiary alicyclic amines) is 1. The Labute approximate surface area is 114 Å². The van der Waals surface area contributed by atoms with Gasteiger partial charge in [-0.2, -0.15) is 0 Å². The number of aromatic nitrogens is 2. The van der Waals surface area contributed by atoms with Crippen LogP contribution in [0, 0.1) is 5.92 Å². The number of aryl methyl sites for hydroxylation is 1. The number of hydrogen-bond acceptors (Lipinski definition) is 3. The lowest BCUT2D eigenvalue weighted by molar-refractivity contribution is -0.134. The molecule has 0 spiro atoms. The van der Waals surface area contributed by atoms with E-state index >= 15 is 0 Å². The van der Waals surface area contributed by atoms with E-state index in [1.807, 2.05) is 22.7 Å². The van der Waals surface area contributed by atoms with Crippen molar-refractivity contribution in [3.05, 3.63) is 18.2 Å². The molecule has 19 heavy (non-hydrogen) atoms. The zero-order chi connectivity index (χ0) is 14.0. The number of rotatable bonds is 3. The number of hydrogen-bond donors (Lipinski definition) is 1. The van der Waals surface area contributed by atoms with Crippen LogP contribution in [0.2, 0.25) is 0 Å². The second kappa shape index (κ2) is 5.74. The highest BCUT2D eigenvalue weighted by atomic mass is 16.2. The summed E-state index contributed by atoms with van der Waals surface area (Å²) >= 11 is 0. The third kappa shape index (κ3) is 2.97. The summed E-state index contributed by atoms with van der Waals surface area (Å²) in [5, 5.41) is 0. The van der Waals surface area contributed by atoms with Gasteiger partial charge < -0.3 is 15.2 Å². The number of nitrogens with two attached hydrogens (primary N) is 1. The topological polar surface area (TPSA) is 64.2 Å². The van der Waals surface area contributed by atoms with E-state index in [1.165, 1.54) is 0 Å². The monoisotopic (exact) mass is 264 g/mol. The van der Waals surface area contributed by atoms with Crippen molar-refractivity contribution in [2.24, 2.45) is 18.7 Å². The Hall–Kier alpha value is -1.36. The van der Waals surface area contributed by atoms with Crippen LogP contribution < -0.4 is 5.73 Å². The molecular weight excluding hydrogens is 240 g/mol. The maximum absolute atomic E-state index is 12.4. The molecule has 1 aromatic heterocycles. The third-order valence-corrected chi connectivity index (χ3v) is 3.71. The summed E-state index contributed by atoms with van der Waals surface area (Å²) in [5.74, 6) is 0.651. The first kappa shape index (κ1) is 14.1. The number of nitrogens with zero attached hydrogens (tertiary/aromatic N) is 3. The average molecular weight is 264 g/mol. The summed E-state index contributed by atoms with van der Waals surface area (Å²) in [7, 11) is 1.96. The molecule has 5 heteroatoms. The van der Waals surface area contributed by atoms with Gasteiger partial charge in [0.25, 0.3) is 0 Å². The predicted molar refractivity (Wildman–Crippen MR) is 74.3 cm³/mol. The van der Waals surface area contributed by atoms with Crippen molar-refractivity contribution < 1.29 is 4.79 Å². The van der Waals surface area contributed by atoms with E-state index < -0.39 is 0 Å². The van der Waals surface area contributed by atoms with Crippen molar-refractivity contribution in [2.45, 2.75) is 45.2 Å². The maximum atomic E-state index is 12.4. The first-order valence-corrected chi connectivity index (χ1v) is 7.02. The largest absolute Gasteiger partial charge is 0.336 e. The third-order valence-electron chi connectivity index (χ3n) is 3.71. The van der Waals surface area contributed by atoms with Crippen LogP contribution in [0.15, 0.2) is 12.5 Å². The lowest BCUT2D eigenvalue weighted by Crippen LogP contribution is -2.44. The highest BCUT2D eigenvalue weighted by molar-refractivity contribution is 5.77. The van der Waals surface area contributed by atoms with Gasteiger partial charge in [0.2, 0.25) is 5.91 Å². The van der Waals surface area contributed by atoms with Gasteiger partial charge in [-0.1, -0.05) is 13.8 Å². The summed E-state index contributed by atoms with van der Waals surface area (Å²) in [4.78, 5) is 18.5. The van der Waals surface area contributed by atoms with Crippen molar-refractivity contribution in [1.82, 2.24) is 14.5 Å². The van der Waals surface area contributed by atoms with E-state index in [9.17, 15) is 4.79 Å². The maximum Gasteiger partial charge on any atom is 0.223 e. The van der Waals surface area contributed by atoms with Crippen LogP contribution in [0.3, 0.4) is 0 Å². The Morgan fingerprint density at radius 3 is 2.84 bits per heavy atom. The molecule has 1 aliphatic heterocycles. The average Bonchev–Trinajstić information content (AvgIpc) is 2.68. The molecule has 2 heterocycles. The summed E-state index contributed by atoms with van der Waals surface area (Å²) < 4.78 is 1.97. The molecule has 1 aromatic rings. The van der Waals surface area contributed by atoms with Crippen molar-refractivity contribution >= 4 is 5.91 Å². The second-order valence-corrected chi connectivity index (χ2v) is 5.87. The summed E-state index contributed by atoms with van der Waals surface area (Å²) in [6, 6.07) is -0.0644. The molecule has 0 radical (unpaired) electrons.